The first-order valence-corrected chi connectivity index (χ1v) is 20.1. The van der Waals surface area contributed by atoms with Crippen LogP contribution in [-0.4, -0.2) is 12.6 Å². The van der Waals surface area contributed by atoms with E-state index in [-0.39, 0.29) is 5.97 Å². The number of ether oxygens (including phenoxy) is 1. The molecule has 0 N–H and O–H groups in total. The summed E-state index contributed by atoms with van der Waals surface area (Å²) in [6.07, 6.45) is 51.6. The van der Waals surface area contributed by atoms with Gasteiger partial charge in [0.2, 0.25) is 0 Å². The number of hydrogen-bond acceptors (Lipinski definition) is 2. The molecule has 256 valence electrons. The molecule has 0 aliphatic carbocycles. The maximum Gasteiger partial charge on any atom is 0.305 e. The average molecular weight is 605 g/mol. The minimum Gasteiger partial charge on any atom is -0.466 e. The Morgan fingerprint density at radius 1 is 0.372 bits per heavy atom. The Morgan fingerprint density at radius 2 is 0.651 bits per heavy atom. The predicted octanol–water partition coefficient (Wildman–Crippen LogP) is 14.8. The third-order valence-corrected chi connectivity index (χ3v) is 9.15. The summed E-state index contributed by atoms with van der Waals surface area (Å²) in [7, 11) is 0. The lowest BCUT2D eigenvalue weighted by molar-refractivity contribution is -0.143. The van der Waals surface area contributed by atoms with Crippen LogP contribution in [-0.2, 0) is 9.53 Å². The molecule has 0 aliphatic heterocycles. The molecule has 0 atom stereocenters. The molecule has 0 aromatic heterocycles. The lowest BCUT2D eigenvalue weighted by Gasteiger charge is -2.06. The fourth-order valence-electron chi connectivity index (χ4n) is 6.13. The molecule has 43 heavy (non-hydrogen) atoms. The molecule has 0 amide bonds. The largest absolute Gasteiger partial charge is 0.466 e. The van der Waals surface area contributed by atoms with Gasteiger partial charge in [-0.3, -0.25) is 4.79 Å². The van der Waals surface area contributed by atoms with Gasteiger partial charge in [-0.15, -0.1) is 0 Å². The van der Waals surface area contributed by atoms with Crippen LogP contribution in [0.5, 0.6) is 0 Å². The number of carbonyl (C=O) groups excluding carboxylic acids is 1. The van der Waals surface area contributed by atoms with Crippen LogP contribution < -0.4 is 0 Å². The fraction of sp³-hybridized carbons (Fsp3) is 0.927. The van der Waals surface area contributed by atoms with E-state index in [2.05, 4.69) is 26.0 Å². The molecule has 2 heteroatoms. The first kappa shape index (κ1) is 42.2. The zero-order chi connectivity index (χ0) is 31.2. The fourth-order valence-corrected chi connectivity index (χ4v) is 6.13. The van der Waals surface area contributed by atoms with Crippen LogP contribution in [0.25, 0.3) is 0 Å². The Morgan fingerprint density at radius 3 is 1.02 bits per heavy atom. The molecule has 0 saturated heterocycles. The maximum absolute atomic E-state index is 11.9. The van der Waals surface area contributed by atoms with E-state index in [9.17, 15) is 4.79 Å². The predicted molar refractivity (Wildman–Crippen MR) is 193 cm³/mol. The first-order valence-electron chi connectivity index (χ1n) is 20.1. The highest BCUT2D eigenvalue weighted by atomic mass is 16.5. The van der Waals surface area contributed by atoms with Gasteiger partial charge in [-0.25, -0.2) is 0 Å². The first-order chi connectivity index (χ1) is 21.3. The van der Waals surface area contributed by atoms with Crippen LogP contribution in [0.1, 0.15) is 239 Å². The molecule has 0 bridgehead atoms. The van der Waals surface area contributed by atoms with Crippen LogP contribution in [0.3, 0.4) is 0 Å². The van der Waals surface area contributed by atoms with Gasteiger partial charge in [-0.1, -0.05) is 206 Å². The molecular weight excluding hydrogens is 524 g/mol. The molecule has 0 aromatic rings. The third kappa shape index (κ3) is 39.2. The summed E-state index contributed by atoms with van der Waals surface area (Å²) in [4.78, 5) is 11.9. The van der Waals surface area contributed by atoms with Gasteiger partial charge in [0.25, 0.3) is 0 Å². The number of hydrogen-bond donors (Lipinski definition) is 0. The molecule has 0 heterocycles. The molecule has 0 radical (unpaired) electrons. The zero-order valence-corrected chi connectivity index (χ0v) is 29.9. The van der Waals surface area contributed by atoms with E-state index in [4.69, 9.17) is 4.74 Å². The number of allylic oxidation sites excluding steroid dienone is 2. The Kier molecular flexibility index (Phi) is 38.5. The lowest BCUT2D eigenvalue weighted by Crippen LogP contribution is -2.05. The second-order valence-corrected chi connectivity index (χ2v) is 13.6. The molecule has 0 unspecified atom stereocenters. The lowest BCUT2D eigenvalue weighted by atomic mass is 10.0. The summed E-state index contributed by atoms with van der Waals surface area (Å²) in [5.74, 6) is 0.0183. The van der Waals surface area contributed by atoms with E-state index in [0.29, 0.717) is 13.0 Å². The molecule has 0 spiro atoms. The van der Waals surface area contributed by atoms with Crippen molar-refractivity contribution in [2.24, 2.45) is 0 Å². The Bertz CT molecular complexity index is 540. The van der Waals surface area contributed by atoms with Gasteiger partial charge in [0, 0.05) is 6.42 Å². The molecule has 0 fully saturated rings. The number of rotatable bonds is 37. The van der Waals surface area contributed by atoms with Crippen LogP contribution in [0, 0.1) is 0 Å². The van der Waals surface area contributed by atoms with Crippen LogP contribution >= 0.6 is 0 Å². The number of unbranched alkanes of at least 4 members (excludes halogenated alkanes) is 31. The van der Waals surface area contributed by atoms with Gasteiger partial charge in [0.1, 0.15) is 0 Å². The second-order valence-electron chi connectivity index (χ2n) is 13.6. The van der Waals surface area contributed by atoms with Crippen molar-refractivity contribution in [1.29, 1.82) is 0 Å². The smallest absolute Gasteiger partial charge is 0.305 e. The number of esters is 1. The standard InChI is InChI=1S/C41H80O2/c1-3-5-7-9-11-13-15-17-18-19-20-21-22-23-24-25-26-28-30-32-34-36-38-40-43-41(42)39-37-35-33-31-29-27-16-14-12-10-8-6-4-2/h14,16H,3-13,15,17-40H2,1-2H3/b16-14-. The molecule has 0 aliphatic rings. The van der Waals surface area contributed by atoms with Crippen LogP contribution in [0.15, 0.2) is 12.2 Å². The average Bonchev–Trinajstić information content (AvgIpc) is 3.01. The highest BCUT2D eigenvalue weighted by molar-refractivity contribution is 5.69. The monoisotopic (exact) mass is 605 g/mol. The minimum absolute atomic E-state index is 0.0183. The summed E-state index contributed by atoms with van der Waals surface area (Å²) < 4.78 is 5.45. The Balaban J connectivity index is 3.15. The van der Waals surface area contributed by atoms with Crippen molar-refractivity contribution < 1.29 is 9.53 Å². The van der Waals surface area contributed by atoms with E-state index in [0.717, 1.165) is 19.3 Å². The quantitative estimate of drug-likeness (QED) is 0.0400. The van der Waals surface area contributed by atoms with Gasteiger partial charge in [-0.05, 0) is 38.5 Å². The summed E-state index contributed by atoms with van der Waals surface area (Å²) >= 11 is 0. The summed E-state index contributed by atoms with van der Waals surface area (Å²) in [6.45, 7) is 5.20. The third-order valence-electron chi connectivity index (χ3n) is 9.15. The minimum atomic E-state index is 0.0183. The van der Waals surface area contributed by atoms with E-state index in [1.165, 1.54) is 199 Å². The van der Waals surface area contributed by atoms with Crippen molar-refractivity contribution in [2.45, 2.75) is 239 Å². The summed E-state index contributed by atoms with van der Waals surface area (Å²) in [5.41, 5.74) is 0. The van der Waals surface area contributed by atoms with Gasteiger partial charge in [0.05, 0.1) is 6.61 Å². The van der Waals surface area contributed by atoms with E-state index in [1.54, 1.807) is 0 Å². The van der Waals surface area contributed by atoms with Crippen molar-refractivity contribution in [3.05, 3.63) is 12.2 Å². The molecule has 0 aromatic carbocycles. The van der Waals surface area contributed by atoms with Gasteiger partial charge < -0.3 is 4.74 Å². The van der Waals surface area contributed by atoms with E-state index >= 15 is 0 Å². The highest BCUT2D eigenvalue weighted by Crippen LogP contribution is 2.16. The second kappa shape index (κ2) is 39.2. The summed E-state index contributed by atoms with van der Waals surface area (Å²) in [6, 6.07) is 0. The van der Waals surface area contributed by atoms with Crippen molar-refractivity contribution in [3.63, 3.8) is 0 Å². The highest BCUT2D eigenvalue weighted by Gasteiger charge is 2.02. The molecule has 2 nitrogen and oxygen atoms in total. The zero-order valence-electron chi connectivity index (χ0n) is 29.9. The summed E-state index contributed by atoms with van der Waals surface area (Å²) in [5, 5.41) is 0. The van der Waals surface area contributed by atoms with E-state index < -0.39 is 0 Å². The van der Waals surface area contributed by atoms with Crippen molar-refractivity contribution in [3.8, 4) is 0 Å². The molecule has 0 saturated carbocycles. The van der Waals surface area contributed by atoms with Crippen molar-refractivity contribution in [1.82, 2.24) is 0 Å². The molecular formula is C41H80O2. The Labute approximate surface area is 272 Å². The molecule has 0 rings (SSSR count). The van der Waals surface area contributed by atoms with Crippen molar-refractivity contribution >= 4 is 5.97 Å². The van der Waals surface area contributed by atoms with Crippen molar-refractivity contribution in [2.75, 3.05) is 6.61 Å². The normalized spacial score (nSPS) is 11.6. The number of carbonyl (C=O) groups is 1. The van der Waals surface area contributed by atoms with Crippen LogP contribution in [0.2, 0.25) is 0 Å². The van der Waals surface area contributed by atoms with Gasteiger partial charge in [-0.2, -0.15) is 0 Å². The van der Waals surface area contributed by atoms with E-state index in [1.807, 2.05) is 0 Å². The van der Waals surface area contributed by atoms with Gasteiger partial charge in [0.15, 0.2) is 0 Å². The SMILES string of the molecule is CCCCCC/C=C\CCCCCCCC(=O)OCCCCCCCCCCCCCCCCCCCCCCCCC. The van der Waals surface area contributed by atoms with Gasteiger partial charge >= 0.3 is 5.97 Å². The Hall–Kier alpha value is -0.790. The van der Waals surface area contributed by atoms with Crippen LogP contribution in [0.4, 0.5) is 0 Å². The maximum atomic E-state index is 11.9. The topological polar surface area (TPSA) is 26.3 Å².